The molecule has 3 aromatic rings. The maximum absolute atomic E-state index is 15.1. The Morgan fingerprint density at radius 2 is 1.72 bits per heavy atom. The first-order valence-corrected chi connectivity index (χ1v) is 13.4. The third-order valence-corrected chi connectivity index (χ3v) is 7.44. The van der Waals surface area contributed by atoms with Crippen molar-refractivity contribution < 1.29 is 31.5 Å². The molecular formula is C30H27F5INO2. The van der Waals surface area contributed by atoms with Gasteiger partial charge in [-0.3, -0.25) is 4.79 Å². The highest BCUT2D eigenvalue weighted by Gasteiger charge is 2.41. The quantitative estimate of drug-likeness (QED) is 0.152. The van der Waals surface area contributed by atoms with E-state index < -0.39 is 39.1 Å². The number of halogens is 6. The summed E-state index contributed by atoms with van der Waals surface area (Å²) in [5.41, 5.74) is -0.571. The molecule has 9 heteroatoms. The number of hydrogen-bond acceptors (Lipinski definition) is 2. The molecule has 39 heavy (non-hydrogen) atoms. The van der Waals surface area contributed by atoms with E-state index in [1.807, 2.05) is 0 Å². The molecule has 1 aliphatic carbocycles. The number of ether oxygens (including phenoxy) is 1. The van der Waals surface area contributed by atoms with Crippen LogP contribution < -0.4 is 10.1 Å². The van der Waals surface area contributed by atoms with Crippen molar-refractivity contribution in [2.45, 2.75) is 47.7 Å². The van der Waals surface area contributed by atoms with Gasteiger partial charge in [-0.05, 0) is 83.0 Å². The maximum atomic E-state index is 15.1. The Balaban J connectivity index is 1.99. The van der Waals surface area contributed by atoms with E-state index in [4.69, 9.17) is 4.74 Å². The SMILES string of the molecule is COc1cc([C@@](Cc2ccccc2)(NC(=O)C2=CCCC(F)(F)C2)c2cc(F)cc(C(C)(F)I)c2)ccc1F. The minimum atomic E-state index is -3.05. The fourth-order valence-corrected chi connectivity index (χ4v) is 5.13. The molecule has 1 aliphatic rings. The molecule has 3 nitrogen and oxygen atoms in total. The minimum absolute atomic E-state index is 0.00211. The number of rotatable bonds is 8. The van der Waals surface area contributed by atoms with E-state index in [0.717, 1.165) is 18.2 Å². The van der Waals surface area contributed by atoms with Crippen LogP contribution in [-0.2, 0) is 20.4 Å². The molecule has 0 aliphatic heterocycles. The van der Waals surface area contributed by atoms with Crippen molar-refractivity contribution in [3.05, 3.63) is 112 Å². The summed E-state index contributed by atoms with van der Waals surface area (Å²) >= 11 is 1.54. The molecule has 0 heterocycles. The lowest BCUT2D eigenvalue weighted by atomic mass is 9.76. The standard InChI is InChI=1S/C30H27F5INO2/c1-28(33,36)22-13-23(15-24(31)14-22)30(17-19-7-4-3-5-8-19,21-10-11-25(32)26(16-21)39-2)37-27(38)20-9-6-12-29(34,35)18-20/h3-5,7-11,13-16H,6,12,17-18H2,1-2H3,(H,37,38)/t28?,30-/m1/s1. The summed E-state index contributed by atoms with van der Waals surface area (Å²) < 4.78 is 76.4. The number of hydrogen-bond donors (Lipinski definition) is 1. The first kappa shape index (κ1) is 29.0. The summed E-state index contributed by atoms with van der Waals surface area (Å²) in [7, 11) is 1.28. The Bertz CT molecular complexity index is 1390. The van der Waals surface area contributed by atoms with E-state index in [0.29, 0.717) is 11.1 Å². The number of carbonyl (C=O) groups is 1. The maximum Gasteiger partial charge on any atom is 0.252 e. The number of amides is 1. The van der Waals surface area contributed by atoms with E-state index in [9.17, 15) is 18.0 Å². The Kier molecular flexibility index (Phi) is 8.39. The van der Waals surface area contributed by atoms with Crippen LogP contribution >= 0.6 is 22.6 Å². The highest BCUT2D eigenvalue weighted by molar-refractivity contribution is 14.1. The van der Waals surface area contributed by atoms with Gasteiger partial charge in [-0.2, -0.15) is 0 Å². The molecule has 0 saturated carbocycles. The molecule has 3 aromatic carbocycles. The van der Waals surface area contributed by atoms with Crippen molar-refractivity contribution in [3.8, 4) is 5.75 Å². The predicted octanol–water partition coefficient (Wildman–Crippen LogP) is 7.90. The Morgan fingerprint density at radius 3 is 2.36 bits per heavy atom. The van der Waals surface area contributed by atoms with Gasteiger partial charge in [0.25, 0.3) is 5.92 Å². The average Bonchev–Trinajstić information content (AvgIpc) is 2.87. The van der Waals surface area contributed by atoms with E-state index >= 15 is 8.78 Å². The van der Waals surface area contributed by atoms with Crippen LogP contribution in [0.15, 0.2) is 78.4 Å². The van der Waals surface area contributed by atoms with Crippen molar-refractivity contribution in [1.82, 2.24) is 5.32 Å². The predicted molar refractivity (Wildman–Crippen MR) is 148 cm³/mol. The van der Waals surface area contributed by atoms with Gasteiger partial charge in [0, 0.05) is 30.4 Å². The second kappa shape index (κ2) is 11.3. The van der Waals surface area contributed by atoms with E-state index in [1.54, 1.807) is 30.3 Å². The molecule has 0 aromatic heterocycles. The molecular weight excluding hydrogens is 628 g/mol. The van der Waals surface area contributed by atoms with Crippen LogP contribution in [0.5, 0.6) is 5.75 Å². The van der Waals surface area contributed by atoms with Gasteiger partial charge in [0.05, 0.1) is 12.6 Å². The number of benzene rings is 3. The Labute approximate surface area is 237 Å². The van der Waals surface area contributed by atoms with Crippen LogP contribution in [0.2, 0.25) is 0 Å². The molecule has 1 unspecified atom stereocenters. The number of nitrogens with one attached hydrogen (secondary N) is 1. The third-order valence-electron chi connectivity index (χ3n) is 6.82. The number of methoxy groups -OCH3 is 1. The fourth-order valence-electron chi connectivity index (χ4n) is 4.82. The van der Waals surface area contributed by atoms with Crippen molar-refractivity contribution in [2.24, 2.45) is 0 Å². The number of carbonyl (C=O) groups excluding carboxylic acids is 1. The third kappa shape index (κ3) is 6.62. The summed E-state index contributed by atoms with van der Waals surface area (Å²) in [5, 5.41) is 2.89. The van der Waals surface area contributed by atoms with Crippen LogP contribution in [0.4, 0.5) is 22.0 Å². The Morgan fingerprint density at radius 1 is 1.03 bits per heavy atom. The zero-order valence-electron chi connectivity index (χ0n) is 21.3. The Hall–Kier alpha value is -2.95. The molecule has 0 spiro atoms. The second-order valence-corrected chi connectivity index (χ2v) is 11.8. The van der Waals surface area contributed by atoms with Crippen molar-refractivity contribution in [3.63, 3.8) is 0 Å². The largest absolute Gasteiger partial charge is 0.494 e. The summed E-state index contributed by atoms with van der Waals surface area (Å²) in [6, 6.07) is 16.5. The molecule has 0 bridgehead atoms. The van der Waals surface area contributed by atoms with Gasteiger partial charge in [-0.1, -0.05) is 42.5 Å². The molecule has 1 N–H and O–H groups in total. The van der Waals surface area contributed by atoms with E-state index in [-0.39, 0.29) is 41.7 Å². The zero-order valence-corrected chi connectivity index (χ0v) is 23.5. The highest BCUT2D eigenvalue weighted by atomic mass is 127. The summed E-state index contributed by atoms with van der Waals surface area (Å²) in [5.74, 6) is -5.39. The molecule has 4 rings (SSSR count). The summed E-state index contributed by atoms with van der Waals surface area (Å²) in [6.07, 6.45) is 0.381. The van der Waals surface area contributed by atoms with Crippen molar-refractivity contribution >= 4 is 28.5 Å². The molecule has 206 valence electrons. The van der Waals surface area contributed by atoms with Gasteiger partial charge in [0.2, 0.25) is 5.91 Å². The van der Waals surface area contributed by atoms with E-state index in [1.165, 1.54) is 60.9 Å². The van der Waals surface area contributed by atoms with Gasteiger partial charge >= 0.3 is 0 Å². The van der Waals surface area contributed by atoms with Crippen LogP contribution in [0, 0.1) is 11.6 Å². The highest BCUT2D eigenvalue weighted by Crippen LogP contribution is 2.41. The van der Waals surface area contributed by atoms with Crippen molar-refractivity contribution in [2.75, 3.05) is 7.11 Å². The van der Waals surface area contributed by atoms with Gasteiger partial charge in [-0.15, -0.1) is 0 Å². The summed E-state index contributed by atoms with van der Waals surface area (Å²) in [6.45, 7) is 1.26. The molecule has 2 atom stereocenters. The normalized spacial score (nSPS) is 17.9. The van der Waals surface area contributed by atoms with Crippen molar-refractivity contribution in [1.29, 1.82) is 0 Å². The van der Waals surface area contributed by atoms with Crippen LogP contribution in [0.1, 0.15) is 48.4 Å². The topological polar surface area (TPSA) is 38.3 Å². The van der Waals surface area contributed by atoms with E-state index in [2.05, 4.69) is 5.32 Å². The lowest BCUT2D eigenvalue weighted by Gasteiger charge is -2.38. The van der Waals surface area contributed by atoms with Gasteiger partial charge in [0.1, 0.15) is 5.82 Å². The molecule has 1 amide bonds. The lowest BCUT2D eigenvalue weighted by molar-refractivity contribution is -0.120. The van der Waals surface area contributed by atoms with Gasteiger partial charge in [-0.25, -0.2) is 22.0 Å². The fraction of sp³-hybridized carbons (Fsp3) is 0.300. The lowest BCUT2D eigenvalue weighted by Crippen LogP contribution is -2.50. The monoisotopic (exact) mass is 655 g/mol. The van der Waals surface area contributed by atoms with Crippen LogP contribution in [0.25, 0.3) is 0 Å². The van der Waals surface area contributed by atoms with Gasteiger partial charge in [0.15, 0.2) is 15.2 Å². The van der Waals surface area contributed by atoms with Crippen LogP contribution in [0.3, 0.4) is 0 Å². The second-order valence-electron chi connectivity index (χ2n) is 9.79. The minimum Gasteiger partial charge on any atom is -0.494 e. The molecule has 0 radical (unpaired) electrons. The molecule has 0 fully saturated rings. The zero-order chi connectivity index (χ0) is 28.4. The number of alkyl halides is 4. The van der Waals surface area contributed by atoms with Gasteiger partial charge < -0.3 is 10.1 Å². The smallest absolute Gasteiger partial charge is 0.252 e. The first-order chi connectivity index (χ1) is 18.3. The summed E-state index contributed by atoms with van der Waals surface area (Å²) in [4.78, 5) is 13.6. The average molecular weight is 655 g/mol. The number of allylic oxidation sites excluding steroid dienone is 1. The first-order valence-electron chi connectivity index (χ1n) is 12.3. The molecule has 0 saturated heterocycles. The van der Waals surface area contributed by atoms with Crippen LogP contribution in [-0.4, -0.2) is 18.9 Å².